The first-order valence-corrected chi connectivity index (χ1v) is 7.80. The number of rotatable bonds is 1. The van der Waals surface area contributed by atoms with E-state index in [1.807, 2.05) is 13.8 Å². The van der Waals surface area contributed by atoms with Crippen molar-refractivity contribution in [1.29, 1.82) is 0 Å². The summed E-state index contributed by atoms with van der Waals surface area (Å²) in [5.74, 6) is 0. The molecule has 0 saturated carbocycles. The molecule has 3 fully saturated rings. The van der Waals surface area contributed by atoms with Gasteiger partial charge in [0.2, 0.25) is 0 Å². The van der Waals surface area contributed by atoms with Crippen LogP contribution < -0.4 is 0 Å². The first kappa shape index (κ1) is 13.4. The van der Waals surface area contributed by atoms with Gasteiger partial charge in [0.1, 0.15) is 0 Å². The lowest BCUT2D eigenvalue weighted by molar-refractivity contribution is -0.138. The van der Waals surface area contributed by atoms with Gasteiger partial charge in [-0.2, -0.15) is 0 Å². The van der Waals surface area contributed by atoms with E-state index in [-0.39, 0.29) is 17.7 Å². The second kappa shape index (κ2) is 4.60. The van der Waals surface area contributed by atoms with Crippen LogP contribution in [-0.2, 0) is 17.7 Å². The normalized spacial score (nSPS) is 46.1. The minimum atomic E-state index is -2.94. The highest BCUT2D eigenvalue weighted by Gasteiger charge is 2.53. The molecule has 3 aliphatic heterocycles. The second-order valence-corrected chi connectivity index (χ2v) is 7.74. The van der Waals surface area contributed by atoms with E-state index in [9.17, 15) is 0 Å². The number of nitrogens with zero attached hydrogens (tertiary/aromatic N) is 1. The molecule has 100 valence electrons. The van der Waals surface area contributed by atoms with Crippen LogP contribution in [-0.4, -0.2) is 58.5 Å². The molecule has 17 heavy (non-hydrogen) atoms. The zero-order valence-corrected chi connectivity index (χ0v) is 12.4. The molecule has 0 aliphatic carbocycles. The standard InChI is InChI=1S/C11H23NO4Si/c1-9-6-12-7-10(2)16-17(13-5,15-9)14-8-11(12,3)4/h9-10H,6-8H2,1-5H3. The van der Waals surface area contributed by atoms with Crippen LogP contribution >= 0.6 is 0 Å². The van der Waals surface area contributed by atoms with Gasteiger partial charge in [0.05, 0.1) is 18.8 Å². The van der Waals surface area contributed by atoms with E-state index in [0.29, 0.717) is 6.61 Å². The average Bonchev–Trinajstić information content (AvgIpc) is 2.21. The predicted octanol–water partition coefficient (Wildman–Crippen LogP) is 1.00. The summed E-state index contributed by atoms with van der Waals surface area (Å²) >= 11 is 0. The zero-order valence-electron chi connectivity index (χ0n) is 11.4. The third-order valence-electron chi connectivity index (χ3n) is 3.35. The molecule has 2 atom stereocenters. The van der Waals surface area contributed by atoms with Gasteiger partial charge in [-0.3, -0.25) is 4.90 Å². The summed E-state index contributed by atoms with van der Waals surface area (Å²) in [5, 5.41) is 0. The summed E-state index contributed by atoms with van der Waals surface area (Å²) in [6.07, 6.45) is 0.127. The number of fused-ring (bicyclic) bond motifs is 6. The molecule has 3 heterocycles. The van der Waals surface area contributed by atoms with Crippen molar-refractivity contribution in [2.24, 2.45) is 0 Å². The molecular formula is C11H23NO4Si. The van der Waals surface area contributed by atoms with Crippen LogP contribution in [0.5, 0.6) is 0 Å². The van der Waals surface area contributed by atoms with Crippen molar-refractivity contribution in [3.05, 3.63) is 0 Å². The SMILES string of the molecule is CO[Si]12OCC(C)(C)N(CC(C)O1)CC(C)O2. The minimum absolute atomic E-state index is 0.00708. The maximum absolute atomic E-state index is 5.89. The van der Waals surface area contributed by atoms with Gasteiger partial charge in [-0.25, -0.2) is 0 Å². The third-order valence-corrected chi connectivity index (χ3v) is 5.73. The zero-order chi connectivity index (χ0) is 12.7. The van der Waals surface area contributed by atoms with Gasteiger partial charge in [0.25, 0.3) is 0 Å². The van der Waals surface area contributed by atoms with E-state index in [1.54, 1.807) is 7.11 Å². The lowest BCUT2D eigenvalue weighted by Gasteiger charge is -2.48. The lowest BCUT2D eigenvalue weighted by atomic mass is 10.0. The Morgan fingerprint density at radius 3 is 2.18 bits per heavy atom. The first-order valence-electron chi connectivity index (χ1n) is 6.17. The van der Waals surface area contributed by atoms with Crippen molar-refractivity contribution in [3.8, 4) is 0 Å². The molecule has 0 aromatic rings. The summed E-state index contributed by atoms with van der Waals surface area (Å²) < 4.78 is 23.1. The minimum Gasteiger partial charge on any atom is -0.355 e. The molecule has 0 amide bonds. The van der Waals surface area contributed by atoms with E-state index in [1.165, 1.54) is 0 Å². The van der Waals surface area contributed by atoms with Crippen LogP contribution in [0.3, 0.4) is 0 Å². The fourth-order valence-corrected chi connectivity index (χ4v) is 4.53. The Kier molecular flexibility index (Phi) is 3.64. The van der Waals surface area contributed by atoms with Crippen molar-refractivity contribution in [1.82, 2.24) is 4.90 Å². The summed E-state index contributed by atoms with van der Waals surface area (Å²) in [4.78, 5) is 2.37. The highest BCUT2D eigenvalue weighted by atomic mass is 28.4. The molecule has 2 unspecified atom stereocenters. The summed E-state index contributed by atoms with van der Waals surface area (Å²) in [6.45, 7) is 10.8. The lowest BCUT2D eigenvalue weighted by Crippen LogP contribution is -2.65. The van der Waals surface area contributed by atoms with Gasteiger partial charge in [0.15, 0.2) is 0 Å². The topological polar surface area (TPSA) is 40.2 Å². The Labute approximate surface area is 104 Å². The van der Waals surface area contributed by atoms with E-state index in [0.717, 1.165) is 13.1 Å². The maximum Gasteiger partial charge on any atom is 0.680 e. The van der Waals surface area contributed by atoms with Crippen LogP contribution in [0, 0.1) is 0 Å². The van der Waals surface area contributed by atoms with Crippen molar-refractivity contribution in [3.63, 3.8) is 0 Å². The van der Waals surface area contributed by atoms with Crippen molar-refractivity contribution >= 4 is 9.05 Å². The Hall–Kier alpha value is 0.0169. The van der Waals surface area contributed by atoms with Crippen LogP contribution in [0.25, 0.3) is 0 Å². The van der Waals surface area contributed by atoms with Crippen LogP contribution in [0.4, 0.5) is 0 Å². The molecule has 6 heteroatoms. The van der Waals surface area contributed by atoms with E-state index < -0.39 is 9.05 Å². The molecule has 0 aromatic heterocycles. The Balaban J connectivity index is 2.31. The van der Waals surface area contributed by atoms with Crippen LogP contribution in [0.15, 0.2) is 0 Å². The molecule has 3 saturated heterocycles. The van der Waals surface area contributed by atoms with Gasteiger partial charge >= 0.3 is 9.05 Å². The highest BCUT2D eigenvalue weighted by Crippen LogP contribution is 2.29. The Morgan fingerprint density at radius 1 is 1.18 bits per heavy atom. The molecule has 5 nitrogen and oxygen atoms in total. The smallest absolute Gasteiger partial charge is 0.355 e. The van der Waals surface area contributed by atoms with Crippen molar-refractivity contribution in [2.45, 2.75) is 45.4 Å². The quantitative estimate of drug-likeness (QED) is 0.659. The first-order chi connectivity index (χ1) is 7.87. The molecular weight excluding hydrogens is 238 g/mol. The van der Waals surface area contributed by atoms with E-state index in [2.05, 4.69) is 18.7 Å². The second-order valence-electron chi connectivity index (χ2n) is 5.57. The van der Waals surface area contributed by atoms with Gasteiger partial charge in [-0.15, -0.1) is 0 Å². The Bertz CT molecular complexity index is 273. The fraction of sp³-hybridized carbons (Fsp3) is 1.00. The number of hydrogen-bond donors (Lipinski definition) is 0. The van der Waals surface area contributed by atoms with E-state index >= 15 is 0 Å². The highest BCUT2D eigenvalue weighted by molar-refractivity contribution is 6.53. The molecule has 3 aliphatic rings. The van der Waals surface area contributed by atoms with Crippen LogP contribution in [0.1, 0.15) is 27.7 Å². The summed E-state index contributed by atoms with van der Waals surface area (Å²) in [5.41, 5.74) is -0.00708. The molecule has 2 bridgehead atoms. The maximum atomic E-state index is 5.89. The summed E-state index contributed by atoms with van der Waals surface area (Å²) in [7, 11) is -1.33. The van der Waals surface area contributed by atoms with Crippen molar-refractivity contribution in [2.75, 3.05) is 26.8 Å². The predicted molar refractivity (Wildman–Crippen MR) is 65.5 cm³/mol. The molecule has 3 rings (SSSR count). The number of hydrogen-bond acceptors (Lipinski definition) is 5. The Morgan fingerprint density at radius 2 is 1.71 bits per heavy atom. The largest absolute Gasteiger partial charge is 0.680 e. The van der Waals surface area contributed by atoms with Crippen LogP contribution in [0.2, 0.25) is 0 Å². The van der Waals surface area contributed by atoms with Gasteiger partial charge < -0.3 is 17.7 Å². The van der Waals surface area contributed by atoms with Gasteiger partial charge in [-0.05, 0) is 27.7 Å². The monoisotopic (exact) mass is 261 g/mol. The van der Waals surface area contributed by atoms with Gasteiger partial charge in [0, 0.05) is 25.7 Å². The molecule has 0 spiro atoms. The van der Waals surface area contributed by atoms with Crippen molar-refractivity contribution < 1.29 is 17.7 Å². The average molecular weight is 261 g/mol. The molecule has 0 radical (unpaired) electrons. The fourth-order valence-electron chi connectivity index (χ4n) is 2.36. The molecule has 0 aromatic carbocycles. The molecule has 0 N–H and O–H groups in total. The van der Waals surface area contributed by atoms with E-state index in [4.69, 9.17) is 17.7 Å². The third kappa shape index (κ3) is 2.72. The van der Waals surface area contributed by atoms with Gasteiger partial charge in [-0.1, -0.05) is 0 Å². The summed E-state index contributed by atoms with van der Waals surface area (Å²) in [6, 6.07) is 0.